The van der Waals surface area contributed by atoms with Gasteiger partial charge in [-0.1, -0.05) is 18.2 Å². The number of rotatable bonds is 5. The Labute approximate surface area is 159 Å². The molecule has 3 aromatic rings. The predicted octanol–water partition coefficient (Wildman–Crippen LogP) is 4.67. The molecule has 0 aliphatic carbocycles. The predicted molar refractivity (Wildman–Crippen MR) is 105 cm³/mol. The maximum Gasteiger partial charge on any atom is 0.358 e. The molecular formula is C19H18N2O3S2. The van der Waals surface area contributed by atoms with Crippen LogP contribution in [0.4, 0.5) is 5.69 Å². The number of thiophene rings is 1. The van der Waals surface area contributed by atoms with E-state index in [1.807, 2.05) is 49.6 Å². The highest BCUT2D eigenvalue weighted by molar-refractivity contribution is 7.20. The monoisotopic (exact) mass is 386 g/mol. The molecule has 134 valence electrons. The zero-order valence-electron chi connectivity index (χ0n) is 14.6. The number of aryl methyl sites for hydroxylation is 2. The smallest absolute Gasteiger partial charge is 0.358 e. The number of amides is 1. The molecule has 0 aliphatic rings. The summed E-state index contributed by atoms with van der Waals surface area (Å²) in [6.07, 6.45) is -0.922. The van der Waals surface area contributed by atoms with Crippen molar-refractivity contribution in [2.45, 2.75) is 26.9 Å². The molecule has 0 radical (unpaired) electrons. The number of esters is 1. The SMILES string of the molecule is Cc1ccc(C)c(NC(=O)[C@@H](C)OC(=O)c2csc(-c3cccs3)n2)c1. The maximum atomic E-state index is 12.3. The number of carbonyl (C=O) groups is 2. The number of thiazole rings is 1. The van der Waals surface area contributed by atoms with Gasteiger partial charge in [0.2, 0.25) is 0 Å². The van der Waals surface area contributed by atoms with Gasteiger partial charge in [0.05, 0.1) is 4.88 Å². The molecule has 0 aliphatic heterocycles. The Morgan fingerprint density at radius 2 is 2.00 bits per heavy atom. The Kier molecular flexibility index (Phi) is 5.49. The highest BCUT2D eigenvalue weighted by Crippen LogP contribution is 2.28. The summed E-state index contributed by atoms with van der Waals surface area (Å²) in [6.45, 7) is 5.41. The maximum absolute atomic E-state index is 12.3. The number of carbonyl (C=O) groups excluding carboxylic acids is 2. The van der Waals surface area contributed by atoms with E-state index >= 15 is 0 Å². The minimum atomic E-state index is -0.922. The Hall–Kier alpha value is -2.51. The van der Waals surface area contributed by atoms with Crippen LogP contribution in [-0.2, 0) is 9.53 Å². The van der Waals surface area contributed by atoms with Crippen LogP contribution in [-0.4, -0.2) is 23.0 Å². The lowest BCUT2D eigenvalue weighted by Crippen LogP contribution is -2.30. The van der Waals surface area contributed by atoms with E-state index in [4.69, 9.17) is 4.74 Å². The second-order valence-electron chi connectivity index (χ2n) is 5.87. The summed E-state index contributed by atoms with van der Waals surface area (Å²) in [5.41, 5.74) is 2.91. The van der Waals surface area contributed by atoms with Gasteiger partial charge in [-0.2, -0.15) is 0 Å². The number of anilines is 1. The Morgan fingerprint density at radius 3 is 2.73 bits per heavy atom. The molecule has 2 heterocycles. The molecule has 0 saturated carbocycles. The number of ether oxygens (including phenoxy) is 1. The van der Waals surface area contributed by atoms with Crippen molar-refractivity contribution in [2.24, 2.45) is 0 Å². The van der Waals surface area contributed by atoms with Crippen LogP contribution in [0.1, 0.15) is 28.5 Å². The molecule has 0 saturated heterocycles. The summed E-state index contributed by atoms with van der Waals surface area (Å²) >= 11 is 2.93. The summed E-state index contributed by atoms with van der Waals surface area (Å²) in [7, 11) is 0. The number of hydrogen-bond acceptors (Lipinski definition) is 6. The zero-order valence-corrected chi connectivity index (χ0v) is 16.2. The fourth-order valence-electron chi connectivity index (χ4n) is 2.26. The number of aromatic nitrogens is 1. The first kappa shape index (κ1) is 18.3. The first-order chi connectivity index (χ1) is 12.4. The van der Waals surface area contributed by atoms with Crippen LogP contribution in [0, 0.1) is 13.8 Å². The molecule has 5 nitrogen and oxygen atoms in total. The molecule has 0 spiro atoms. The topological polar surface area (TPSA) is 68.3 Å². The molecule has 7 heteroatoms. The average Bonchev–Trinajstić information content (AvgIpc) is 3.28. The van der Waals surface area contributed by atoms with Gasteiger partial charge in [-0.25, -0.2) is 9.78 Å². The van der Waals surface area contributed by atoms with E-state index in [-0.39, 0.29) is 11.6 Å². The molecule has 0 unspecified atom stereocenters. The van der Waals surface area contributed by atoms with Crippen molar-refractivity contribution in [1.82, 2.24) is 4.98 Å². The van der Waals surface area contributed by atoms with E-state index < -0.39 is 12.1 Å². The lowest BCUT2D eigenvalue weighted by atomic mass is 10.1. The summed E-state index contributed by atoms with van der Waals surface area (Å²) < 4.78 is 5.27. The highest BCUT2D eigenvalue weighted by atomic mass is 32.1. The van der Waals surface area contributed by atoms with Gasteiger partial charge < -0.3 is 10.1 Å². The summed E-state index contributed by atoms with van der Waals surface area (Å²) in [5.74, 6) is -0.978. The van der Waals surface area contributed by atoms with Crippen LogP contribution >= 0.6 is 22.7 Å². The van der Waals surface area contributed by atoms with Crippen molar-refractivity contribution in [3.8, 4) is 9.88 Å². The zero-order chi connectivity index (χ0) is 18.7. The van der Waals surface area contributed by atoms with Gasteiger partial charge in [0, 0.05) is 11.1 Å². The number of benzene rings is 1. The largest absolute Gasteiger partial charge is 0.448 e. The number of hydrogen-bond donors (Lipinski definition) is 1. The minimum Gasteiger partial charge on any atom is -0.448 e. The van der Waals surface area contributed by atoms with Crippen LogP contribution in [0.2, 0.25) is 0 Å². The van der Waals surface area contributed by atoms with E-state index in [9.17, 15) is 9.59 Å². The number of nitrogens with one attached hydrogen (secondary N) is 1. The molecular weight excluding hydrogens is 368 g/mol. The van der Waals surface area contributed by atoms with Crippen LogP contribution in [0.25, 0.3) is 9.88 Å². The van der Waals surface area contributed by atoms with Crippen molar-refractivity contribution in [3.05, 3.63) is 57.9 Å². The summed E-state index contributed by atoms with van der Waals surface area (Å²) in [4.78, 5) is 29.9. The van der Waals surface area contributed by atoms with Gasteiger partial charge in [0.15, 0.2) is 11.8 Å². The fraction of sp³-hybridized carbons (Fsp3) is 0.211. The normalized spacial score (nSPS) is 11.8. The van der Waals surface area contributed by atoms with Crippen molar-refractivity contribution in [2.75, 3.05) is 5.32 Å². The Balaban J connectivity index is 1.63. The fourth-order valence-corrected chi connectivity index (χ4v) is 3.86. The highest BCUT2D eigenvalue weighted by Gasteiger charge is 2.21. The molecule has 1 N–H and O–H groups in total. The molecule has 1 atom stereocenters. The third-order valence-electron chi connectivity index (χ3n) is 3.75. The van der Waals surface area contributed by atoms with Gasteiger partial charge in [0.25, 0.3) is 5.91 Å². The van der Waals surface area contributed by atoms with Gasteiger partial charge >= 0.3 is 5.97 Å². The van der Waals surface area contributed by atoms with E-state index in [0.717, 1.165) is 21.0 Å². The lowest BCUT2D eigenvalue weighted by Gasteiger charge is -2.14. The third kappa shape index (κ3) is 4.17. The lowest BCUT2D eigenvalue weighted by molar-refractivity contribution is -0.123. The van der Waals surface area contributed by atoms with E-state index in [2.05, 4.69) is 10.3 Å². The molecule has 1 amide bonds. The van der Waals surface area contributed by atoms with Crippen LogP contribution in [0.3, 0.4) is 0 Å². The second-order valence-corrected chi connectivity index (χ2v) is 7.68. The van der Waals surface area contributed by atoms with Crippen LogP contribution < -0.4 is 5.32 Å². The standard InChI is InChI=1S/C19H18N2O3S2/c1-11-6-7-12(2)14(9-11)20-17(22)13(3)24-19(23)15-10-26-18(21-15)16-5-4-8-25-16/h4-10,13H,1-3H3,(H,20,22)/t13-/m1/s1. The summed E-state index contributed by atoms with van der Waals surface area (Å²) in [5, 5.41) is 7.16. The van der Waals surface area contributed by atoms with Crippen LogP contribution in [0.15, 0.2) is 41.1 Å². The molecule has 3 rings (SSSR count). The first-order valence-electron chi connectivity index (χ1n) is 8.02. The van der Waals surface area contributed by atoms with Crippen LogP contribution in [0.5, 0.6) is 0 Å². The third-order valence-corrected chi connectivity index (χ3v) is 5.63. The molecule has 0 bridgehead atoms. The van der Waals surface area contributed by atoms with Gasteiger partial charge in [-0.15, -0.1) is 22.7 Å². The van der Waals surface area contributed by atoms with Gasteiger partial charge in [-0.05, 0) is 49.4 Å². The van der Waals surface area contributed by atoms with Crippen molar-refractivity contribution in [1.29, 1.82) is 0 Å². The molecule has 0 fully saturated rings. The van der Waals surface area contributed by atoms with E-state index in [1.165, 1.54) is 11.3 Å². The van der Waals surface area contributed by atoms with Gasteiger partial charge in [-0.3, -0.25) is 4.79 Å². The van der Waals surface area contributed by atoms with E-state index in [1.54, 1.807) is 23.6 Å². The first-order valence-corrected chi connectivity index (χ1v) is 9.78. The quantitative estimate of drug-likeness (QED) is 0.647. The van der Waals surface area contributed by atoms with Crippen molar-refractivity contribution < 1.29 is 14.3 Å². The number of nitrogens with zero attached hydrogens (tertiary/aromatic N) is 1. The minimum absolute atomic E-state index is 0.213. The van der Waals surface area contributed by atoms with Gasteiger partial charge in [0.1, 0.15) is 5.01 Å². The van der Waals surface area contributed by atoms with Crippen molar-refractivity contribution >= 4 is 40.2 Å². The van der Waals surface area contributed by atoms with E-state index in [0.29, 0.717) is 5.69 Å². The van der Waals surface area contributed by atoms with Crippen molar-refractivity contribution in [3.63, 3.8) is 0 Å². The molecule has 26 heavy (non-hydrogen) atoms. The average molecular weight is 386 g/mol. The second kappa shape index (κ2) is 7.80. The molecule has 2 aromatic heterocycles. The Bertz CT molecular complexity index is 932. The summed E-state index contributed by atoms with van der Waals surface area (Å²) in [6, 6.07) is 9.67. The molecule has 1 aromatic carbocycles. The Morgan fingerprint density at radius 1 is 1.19 bits per heavy atom.